The second-order valence-electron chi connectivity index (χ2n) is 6.69. The maximum absolute atomic E-state index is 6.87. The topological polar surface area (TPSA) is 43.2 Å². The number of hydrogen-bond acceptors (Lipinski definition) is 4. The van der Waals surface area contributed by atoms with Gasteiger partial charge in [0.2, 0.25) is 0 Å². The van der Waals surface area contributed by atoms with Crippen molar-refractivity contribution in [2.75, 3.05) is 0 Å². The Morgan fingerprint density at radius 1 is 0.448 bits per heavy atom. The second kappa shape index (κ2) is 7.72. The maximum atomic E-state index is 6.87. The molecule has 0 bridgehead atoms. The summed E-state index contributed by atoms with van der Waals surface area (Å²) in [6.45, 7) is 0. The molecular weight excluding hydrogens is 467 g/mol. The number of fused-ring (bicyclic) bond motifs is 2. The van der Waals surface area contributed by atoms with E-state index >= 15 is 0 Å². The zero-order valence-electron chi connectivity index (χ0n) is 15.6. The number of hydrogen-bond donors (Lipinski definition) is 0. The van der Waals surface area contributed by atoms with Gasteiger partial charge in [0.25, 0.3) is 0 Å². The molecule has 4 aromatic rings. The molecule has 0 fully saturated rings. The van der Waals surface area contributed by atoms with Crippen molar-refractivity contribution in [1.82, 2.24) is 0 Å². The summed E-state index contributed by atoms with van der Waals surface area (Å²) in [6.07, 6.45) is 0. The van der Waals surface area contributed by atoms with E-state index in [1.807, 2.05) is 84.9 Å². The number of rotatable bonds is 2. The summed E-state index contributed by atoms with van der Waals surface area (Å²) in [7, 11) is 0. The van der Waals surface area contributed by atoms with Gasteiger partial charge in [0, 0.05) is 0 Å². The predicted octanol–water partition coefficient (Wildman–Crippen LogP) is 5.13. The molecule has 0 N–H and O–H groups in total. The summed E-state index contributed by atoms with van der Waals surface area (Å²) in [5, 5.41) is 8.91. The summed E-state index contributed by atoms with van der Waals surface area (Å²) < 4.78 is 15.9. The third-order valence-corrected chi connectivity index (χ3v) is 13.9. The van der Waals surface area contributed by atoms with E-state index in [1.165, 1.54) is 0 Å². The predicted molar refractivity (Wildman–Crippen MR) is 116 cm³/mol. The van der Waals surface area contributed by atoms with Gasteiger partial charge in [-0.05, 0) is 0 Å². The van der Waals surface area contributed by atoms with E-state index in [0.717, 1.165) is 7.16 Å². The summed E-state index contributed by atoms with van der Waals surface area (Å²) >= 11 is -4.18. The summed E-state index contributed by atoms with van der Waals surface area (Å²) in [4.78, 5) is 0. The van der Waals surface area contributed by atoms with Crippen LogP contribution in [0.25, 0.3) is 0 Å². The van der Waals surface area contributed by atoms with Crippen LogP contribution in [-0.4, -0.2) is 19.2 Å². The Hall–Kier alpha value is -3.12. The number of para-hydroxylation sites is 2. The van der Waals surface area contributed by atoms with Crippen molar-refractivity contribution in [3.05, 3.63) is 109 Å². The molecule has 0 saturated heterocycles. The molecule has 5 heteroatoms. The van der Waals surface area contributed by atoms with Crippen molar-refractivity contribution in [3.63, 3.8) is 0 Å². The molecule has 0 aromatic heterocycles. The minimum atomic E-state index is -4.18. The van der Waals surface area contributed by atoms with Gasteiger partial charge < -0.3 is 0 Å². The molecule has 0 amide bonds. The van der Waals surface area contributed by atoms with Gasteiger partial charge in [0.15, 0.2) is 0 Å². The van der Waals surface area contributed by atoms with Crippen LogP contribution >= 0.6 is 0 Å². The van der Waals surface area contributed by atoms with Crippen LogP contribution in [0.1, 0.15) is 0 Å². The third kappa shape index (κ3) is 3.40. The Balaban J connectivity index is 1.82. The summed E-state index contributed by atoms with van der Waals surface area (Å²) in [5.41, 5.74) is 1.39. The van der Waals surface area contributed by atoms with Crippen LogP contribution in [0, 0.1) is 0 Å². The van der Waals surface area contributed by atoms with Crippen LogP contribution in [0.4, 0.5) is 11.4 Å². The molecule has 0 aliphatic carbocycles. The number of benzene rings is 4. The summed E-state index contributed by atoms with van der Waals surface area (Å²) in [5.74, 6) is 1.38. The van der Waals surface area contributed by atoms with Crippen molar-refractivity contribution in [3.8, 4) is 11.5 Å². The Bertz CT molecular complexity index is 1070. The molecule has 0 saturated carbocycles. The molecule has 140 valence electrons. The van der Waals surface area contributed by atoms with Gasteiger partial charge >= 0.3 is 175 Å². The molecular formula is C24H18N2O2Sn. The fourth-order valence-electron chi connectivity index (χ4n) is 3.41. The second-order valence-corrected chi connectivity index (χ2v) is 14.7. The first-order chi connectivity index (χ1) is 14.4. The van der Waals surface area contributed by atoms with Gasteiger partial charge in [0.05, 0.1) is 0 Å². The molecule has 1 heterocycles. The van der Waals surface area contributed by atoms with E-state index in [9.17, 15) is 0 Å². The molecule has 0 spiro atoms. The van der Waals surface area contributed by atoms with Crippen molar-refractivity contribution < 1.29 is 6.15 Å². The summed E-state index contributed by atoms with van der Waals surface area (Å²) in [6, 6.07) is 36.0. The average Bonchev–Trinajstić information content (AvgIpc) is 2.87. The van der Waals surface area contributed by atoms with Crippen molar-refractivity contribution in [2.45, 2.75) is 0 Å². The number of azo groups is 1. The minimum absolute atomic E-state index is 0.688. The van der Waals surface area contributed by atoms with Crippen LogP contribution in [-0.2, 0) is 0 Å². The van der Waals surface area contributed by atoms with Crippen LogP contribution in [0.2, 0.25) is 0 Å². The number of nitrogens with zero attached hydrogens (tertiary/aromatic N) is 2. The van der Waals surface area contributed by atoms with Crippen molar-refractivity contribution >= 4 is 37.7 Å². The standard InChI is InChI=1S/C12H10N2O2.2C6H5.Sn/c15-11-7-3-1-5-9(11)13-14-10-6-2-4-8-12(10)16;2*1-2-4-6-5-3-1;/h1-8,15-16H;2*1-5H;/q;;;+2/p-2. The molecule has 0 atom stereocenters. The van der Waals surface area contributed by atoms with Gasteiger partial charge in [0.1, 0.15) is 0 Å². The molecule has 1 aliphatic heterocycles. The van der Waals surface area contributed by atoms with Gasteiger partial charge in [-0.1, -0.05) is 0 Å². The van der Waals surface area contributed by atoms with Crippen molar-refractivity contribution in [1.29, 1.82) is 0 Å². The van der Waals surface area contributed by atoms with E-state index in [4.69, 9.17) is 6.15 Å². The van der Waals surface area contributed by atoms with Gasteiger partial charge in [-0.25, -0.2) is 0 Å². The first-order valence-electron chi connectivity index (χ1n) is 9.44. The van der Waals surface area contributed by atoms with Crippen LogP contribution in [0.3, 0.4) is 0 Å². The fourth-order valence-corrected chi connectivity index (χ4v) is 12.2. The van der Waals surface area contributed by atoms with E-state index < -0.39 is 19.2 Å². The quantitative estimate of drug-likeness (QED) is 0.370. The average molecular weight is 485 g/mol. The normalized spacial score (nSPS) is 14.2. The first-order valence-corrected chi connectivity index (χ1v) is 14.6. The van der Waals surface area contributed by atoms with Crippen molar-refractivity contribution in [2.24, 2.45) is 10.2 Å². The first kappa shape index (κ1) is 17.9. The Kier molecular flexibility index (Phi) is 4.77. The third-order valence-electron chi connectivity index (χ3n) is 4.81. The van der Waals surface area contributed by atoms with Crippen LogP contribution in [0.15, 0.2) is 119 Å². The van der Waals surface area contributed by atoms with Crippen LogP contribution < -0.4 is 13.3 Å². The van der Waals surface area contributed by atoms with Gasteiger partial charge in [-0.15, -0.1) is 0 Å². The SMILES string of the molecule is c1cc[c]([Sn]2([c]3ccccc3)[O]c3ccccc3N=Nc3ccccc3[O]2)cc1. The molecule has 0 radical (unpaired) electrons. The van der Waals surface area contributed by atoms with E-state index in [0.29, 0.717) is 22.9 Å². The molecule has 1 aliphatic rings. The zero-order chi connectivity index (χ0) is 19.5. The fraction of sp³-hybridized carbons (Fsp3) is 0. The molecule has 5 rings (SSSR count). The Labute approximate surface area is 174 Å². The van der Waals surface area contributed by atoms with Gasteiger partial charge in [-0.3, -0.25) is 0 Å². The van der Waals surface area contributed by atoms with E-state index in [1.54, 1.807) is 0 Å². The Morgan fingerprint density at radius 2 is 0.828 bits per heavy atom. The van der Waals surface area contributed by atoms with E-state index in [2.05, 4.69) is 34.5 Å². The van der Waals surface area contributed by atoms with E-state index in [-0.39, 0.29) is 0 Å². The Morgan fingerprint density at radius 3 is 1.28 bits per heavy atom. The molecule has 0 unspecified atom stereocenters. The monoisotopic (exact) mass is 486 g/mol. The molecule has 4 nitrogen and oxygen atoms in total. The molecule has 29 heavy (non-hydrogen) atoms. The zero-order valence-corrected chi connectivity index (χ0v) is 18.5. The molecule has 4 aromatic carbocycles. The van der Waals surface area contributed by atoms with Crippen LogP contribution in [0.5, 0.6) is 11.5 Å². The van der Waals surface area contributed by atoms with Gasteiger partial charge in [-0.2, -0.15) is 0 Å².